The third kappa shape index (κ3) is 4.23. The number of benzene rings is 2. The van der Waals surface area contributed by atoms with Crippen LogP contribution in [-0.2, 0) is 13.1 Å². The molecule has 0 atom stereocenters. The summed E-state index contributed by atoms with van der Waals surface area (Å²) in [6.45, 7) is 5.94. The molecule has 0 unspecified atom stereocenters. The van der Waals surface area contributed by atoms with E-state index in [0.717, 1.165) is 67.6 Å². The third-order valence-corrected chi connectivity index (χ3v) is 5.09. The molecule has 6 heteroatoms. The van der Waals surface area contributed by atoms with Gasteiger partial charge >= 0.3 is 0 Å². The van der Waals surface area contributed by atoms with Crippen LogP contribution in [0.1, 0.15) is 11.4 Å². The minimum Gasteiger partial charge on any atom is -0.497 e. The van der Waals surface area contributed by atoms with Crippen LogP contribution < -0.4 is 9.47 Å². The lowest BCUT2D eigenvalue weighted by atomic mass is 10.1. The molecule has 1 fully saturated rings. The van der Waals surface area contributed by atoms with E-state index in [1.54, 1.807) is 14.2 Å². The van der Waals surface area contributed by atoms with Gasteiger partial charge in [-0.15, -0.1) is 0 Å². The monoisotopic (exact) mass is 366 g/mol. The second-order valence-corrected chi connectivity index (χ2v) is 6.97. The second kappa shape index (κ2) is 7.98. The Balaban J connectivity index is 1.33. The molecule has 1 aromatic heterocycles. The normalized spacial score (nSPS) is 15.9. The van der Waals surface area contributed by atoms with Crippen LogP contribution in [0.15, 0.2) is 42.5 Å². The van der Waals surface area contributed by atoms with Gasteiger partial charge in [-0.25, -0.2) is 4.98 Å². The summed E-state index contributed by atoms with van der Waals surface area (Å²) in [5.74, 6) is 2.72. The van der Waals surface area contributed by atoms with Crippen LogP contribution in [0.25, 0.3) is 11.0 Å². The summed E-state index contributed by atoms with van der Waals surface area (Å²) in [5, 5.41) is 0. The quantitative estimate of drug-likeness (QED) is 0.727. The van der Waals surface area contributed by atoms with E-state index in [2.05, 4.69) is 39.0 Å². The Kier molecular flexibility index (Phi) is 5.27. The van der Waals surface area contributed by atoms with E-state index >= 15 is 0 Å². The second-order valence-electron chi connectivity index (χ2n) is 6.97. The molecule has 0 radical (unpaired) electrons. The summed E-state index contributed by atoms with van der Waals surface area (Å²) < 4.78 is 10.8. The van der Waals surface area contributed by atoms with Crippen molar-refractivity contribution in [3.8, 4) is 11.5 Å². The smallest absolute Gasteiger partial charge is 0.122 e. The SMILES string of the molecule is COc1cc(CN2CCN(Cc3nc4ccccc4[nH]3)CC2)cc(OC)c1. The van der Waals surface area contributed by atoms with Gasteiger partial charge in [0, 0.05) is 38.8 Å². The fraction of sp³-hybridized carbons (Fsp3) is 0.381. The van der Waals surface area contributed by atoms with Crippen LogP contribution in [-0.4, -0.2) is 60.2 Å². The number of aromatic nitrogens is 2. The lowest BCUT2D eigenvalue weighted by Crippen LogP contribution is -2.45. The molecule has 4 rings (SSSR count). The number of nitrogens with zero attached hydrogens (tertiary/aromatic N) is 3. The van der Waals surface area contributed by atoms with Gasteiger partial charge in [0.25, 0.3) is 0 Å². The third-order valence-electron chi connectivity index (χ3n) is 5.09. The number of imidazole rings is 1. The molecule has 1 N–H and O–H groups in total. The first-order valence-electron chi connectivity index (χ1n) is 9.34. The summed E-state index contributed by atoms with van der Waals surface area (Å²) in [7, 11) is 3.38. The average Bonchev–Trinajstić information content (AvgIpc) is 3.11. The highest BCUT2D eigenvalue weighted by atomic mass is 16.5. The molecule has 27 heavy (non-hydrogen) atoms. The number of H-pyrrole nitrogens is 1. The highest BCUT2D eigenvalue weighted by molar-refractivity contribution is 5.74. The number of piperazine rings is 1. The Labute approximate surface area is 159 Å². The van der Waals surface area contributed by atoms with Crippen molar-refractivity contribution in [1.82, 2.24) is 19.8 Å². The van der Waals surface area contributed by atoms with Gasteiger partial charge in [-0.2, -0.15) is 0 Å². The van der Waals surface area contributed by atoms with Crippen LogP contribution >= 0.6 is 0 Å². The van der Waals surface area contributed by atoms with Crippen LogP contribution in [0.2, 0.25) is 0 Å². The van der Waals surface area contributed by atoms with Gasteiger partial charge in [0.05, 0.1) is 31.8 Å². The molecule has 142 valence electrons. The zero-order valence-electron chi connectivity index (χ0n) is 15.9. The maximum absolute atomic E-state index is 5.38. The zero-order valence-corrected chi connectivity index (χ0v) is 15.9. The lowest BCUT2D eigenvalue weighted by Gasteiger charge is -2.34. The van der Waals surface area contributed by atoms with Gasteiger partial charge in [0.2, 0.25) is 0 Å². The maximum Gasteiger partial charge on any atom is 0.122 e. The van der Waals surface area contributed by atoms with E-state index in [1.807, 2.05) is 18.2 Å². The van der Waals surface area contributed by atoms with Crippen molar-refractivity contribution in [2.45, 2.75) is 13.1 Å². The number of hydrogen-bond acceptors (Lipinski definition) is 5. The number of nitrogens with one attached hydrogen (secondary N) is 1. The molecule has 2 aromatic carbocycles. The molecular weight excluding hydrogens is 340 g/mol. The minimum atomic E-state index is 0.841. The molecule has 0 spiro atoms. The van der Waals surface area contributed by atoms with Crippen molar-refractivity contribution < 1.29 is 9.47 Å². The highest BCUT2D eigenvalue weighted by Crippen LogP contribution is 2.24. The van der Waals surface area contributed by atoms with E-state index in [1.165, 1.54) is 5.56 Å². The van der Waals surface area contributed by atoms with Gasteiger partial charge in [0.1, 0.15) is 17.3 Å². The predicted octanol–water partition coefficient (Wildman–Crippen LogP) is 2.90. The first kappa shape index (κ1) is 17.8. The first-order valence-corrected chi connectivity index (χ1v) is 9.34. The highest BCUT2D eigenvalue weighted by Gasteiger charge is 2.18. The molecule has 0 saturated carbocycles. The Morgan fingerprint density at radius 3 is 2.15 bits per heavy atom. The molecule has 0 amide bonds. The van der Waals surface area contributed by atoms with Gasteiger partial charge in [-0.1, -0.05) is 12.1 Å². The van der Waals surface area contributed by atoms with Gasteiger partial charge in [-0.05, 0) is 29.8 Å². The van der Waals surface area contributed by atoms with Crippen molar-refractivity contribution in [1.29, 1.82) is 0 Å². The average molecular weight is 366 g/mol. The number of para-hydroxylation sites is 2. The number of fused-ring (bicyclic) bond motifs is 1. The summed E-state index contributed by atoms with van der Waals surface area (Å²) in [5.41, 5.74) is 3.37. The Hall–Kier alpha value is -2.57. The molecular formula is C21H26N4O2. The Morgan fingerprint density at radius 2 is 1.52 bits per heavy atom. The minimum absolute atomic E-state index is 0.841. The van der Waals surface area contributed by atoms with Gasteiger partial charge < -0.3 is 14.5 Å². The van der Waals surface area contributed by atoms with Crippen molar-refractivity contribution in [2.24, 2.45) is 0 Å². The molecule has 6 nitrogen and oxygen atoms in total. The predicted molar refractivity (Wildman–Crippen MR) is 106 cm³/mol. The fourth-order valence-electron chi connectivity index (χ4n) is 3.61. The van der Waals surface area contributed by atoms with Crippen LogP contribution in [0.4, 0.5) is 0 Å². The van der Waals surface area contributed by atoms with Gasteiger partial charge in [-0.3, -0.25) is 9.80 Å². The van der Waals surface area contributed by atoms with Gasteiger partial charge in [0.15, 0.2) is 0 Å². The standard InChI is InChI=1S/C21H26N4O2/c1-26-17-11-16(12-18(13-17)27-2)14-24-7-9-25(10-8-24)15-21-22-19-5-3-4-6-20(19)23-21/h3-6,11-13H,7-10,14-15H2,1-2H3,(H,22,23). The fourth-order valence-corrected chi connectivity index (χ4v) is 3.61. The molecule has 1 aliphatic rings. The van der Waals surface area contributed by atoms with E-state index < -0.39 is 0 Å². The van der Waals surface area contributed by atoms with E-state index in [0.29, 0.717) is 0 Å². The molecule has 0 aliphatic carbocycles. The van der Waals surface area contributed by atoms with Crippen molar-refractivity contribution in [2.75, 3.05) is 40.4 Å². The van der Waals surface area contributed by atoms with E-state index in [-0.39, 0.29) is 0 Å². The van der Waals surface area contributed by atoms with E-state index in [4.69, 9.17) is 14.5 Å². The van der Waals surface area contributed by atoms with E-state index in [9.17, 15) is 0 Å². The number of ether oxygens (including phenoxy) is 2. The molecule has 3 aromatic rings. The largest absolute Gasteiger partial charge is 0.497 e. The van der Waals surface area contributed by atoms with Crippen LogP contribution in [0.3, 0.4) is 0 Å². The number of rotatable bonds is 6. The molecule has 0 bridgehead atoms. The number of methoxy groups -OCH3 is 2. The summed E-state index contributed by atoms with van der Waals surface area (Å²) in [6, 6.07) is 14.3. The Bertz CT molecular complexity index is 845. The van der Waals surface area contributed by atoms with Crippen LogP contribution in [0.5, 0.6) is 11.5 Å². The summed E-state index contributed by atoms with van der Waals surface area (Å²) in [6.07, 6.45) is 0. The number of hydrogen-bond donors (Lipinski definition) is 1. The van der Waals surface area contributed by atoms with Crippen molar-refractivity contribution in [3.63, 3.8) is 0 Å². The van der Waals surface area contributed by atoms with Crippen molar-refractivity contribution >= 4 is 11.0 Å². The first-order chi connectivity index (χ1) is 13.2. The summed E-state index contributed by atoms with van der Waals surface area (Å²) >= 11 is 0. The zero-order chi connectivity index (χ0) is 18.6. The molecule has 2 heterocycles. The van der Waals surface area contributed by atoms with Crippen LogP contribution in [0, 0.1) is 0 Å². The van der Waals surface area contributed by atoms with Crippen molar-refractivity contribution in [3.05, 3.63) is 53.9 Å². The Morgan fingerprint density at radius 1 is 0.889 bits per heavy atom. The number of aromatic amines is 1. The molecule has 1 saturated heterocycles. The lowest BCUT2D eigenvalue weighted by molar-refractivity contribution is 0.120. The topological polar surface area (TPSA) is 53.6 Å². The maximum atomic E-state index is 5.38. The summed E-state index contributed by atoms with van der Waals surface area (Å²) in [4.78, 5) is 13.1. The molecule has 1 aliphatic heterocycles.